The fraction of sp³-hybridized carbons (Fsp3) is 0.238. The van der Waals surface area contributed by atoms with E-state index in [0.29, 0.717) is 23.4 Å². The third-order valence-electron chi connectivity index (χ3n) is 4.66. The molecule has 154 valence electrons. The molecule has 0 atom stereocenters. The first kappa shape index (κ1) is 20.0. The number of benzene rings is 2. The van der Waals surface area contributed by atoms with Crippen molar-refractivity contribution in [1.82, 2.24) is 24.5 Å². The minimum absolute atomic E-state index is 0.0949. The molecule has 0 saturated carbocycles. The van der Waals surface area contributed by atoms with Crippen LogP contribution in [0.4, 0.5) is 5.69 Å². The zero-order valence-electron chi connectivity index (χ0n) is 17.0. The highest BCUT2D eigenvalue weighted by molar-refractivity contribution is 7.99. The van der Waals surface area contributed by atoms with Crippen LogP contribution in [0.2, 0.25) is 0 Å². The SMILES string of the molecule is CCn1c(SCC(=O)Nc2cccc3ccccc23)nnc1-c1cn(C)nc1OC. The van der Waals surface area contributed by atoms with Gasteiger partial charge in [0.05, 0.1) is 12.9 Å². The summed E-state index contributed by atoms with van der Waals surface area (Å²) < 4.78 is 8.97. The first-order chi connectivity index (χ1) is 14.6. The van der Waals surface area contributed by atoms with Gasteiger partial charge in [-0.1, -0.05) is 48.2 Å². The number of aromatic nitrogens is 5. The lowest BCUT2D eigenvalue weighted by atomic mass is 10.1. The second kappa shape index (κ2) is 8.58. The first-order valence-corrected chi connectivity index (χ1v) is 10.5. The molecule has 9 heteroatoms. The van der Waals surface area contributed by atoms with E-state index in [1.54, 1.807) is 11.8 Å². The van der Waals surface area contributed by atoms with E-state index in [0.717, 1.165) is 22.0 Å². The monoisotopic (exact) mass is 422 g/mol. The Bertz CT molecular complexity index is 1190. The topological polar surface area (TPSA) is 86.9 Å². The number of ether oxygens (including phenoxy) is 1. The number of thioether (sulfide) groups is 1. The molecular formula is C21H22N6O2S. The van der Waals surface area contributed by atoms with Crippen LogP contribution in [0.3, 0.4) is 0 Å². The Kier molecular flexibility index (Phi) is 5.71. The molecule has 0 unspecified atom stereocenters. The van der Waals surface area contributed by atoms with Gasteiger partial charge in [0, 0.05) is 30.9 Å². The van der Waals surface area contributed by atoms with Crippen LogP contribution < -0.4 is 10.1 Å². The van der Waals surface area contributed by atoms with Crippen molar-refractivity contribution in [3.05, 3.63) is 48.7 Å². The Balaban J connectivity index is 1.50. The van der Waals surface area contributed by atoms with Crippen LogP contribution in [0.15, 0.2) is 53.8 Å². The van der Waals surface area contributed by atoms with Crippen LogP contribution in [0.1, 0.15) is 6.92 Å². The van der Waals surface area contributed by atoms with Gasteiger partial charge >= 0.3 is 0 Å². The summed E-state index contributed by atoms with van der Waals surface area (Å²) in [6, 6.07) is 13.8. The average molecular weight is 423 g/mol. The second-order valence-electron chi connectivity index (χ2n) is 6.64. The van der Waals surface area contributed by atoms with Gasteiger partial charge in [-0.05, 0) is 18.4 Å². The molecule has 2 aromatic carbocycles. The number of rotatable bonds is 7. The molecule has 0 fully saturated rings. The van der Waals surface area contributed by atoms with Crippen molar-refractivity contribution >= 4 is 34.1 Å². The van der Waals surface area contributed by atoms with E-state index in [-0.39, 0.29) is 11.7 Å². The van der Waals surface area contributed by atoms with Gasteiger partial charge in [0.15, 0.2) is 11.0 Å². The lowest BCUT2D eigenvalue weighted by molar-refractivity contribution is -0.113. The number of anilines is 1. The molecule has 0 aliphatic carbocycles. The maximum Gasteiger partial charge on any atom is 0.243 e. The van der Waals surface area contributed by atoms with Crippen LogP contribution in [0.5, 0.6) is 5.88 Å². The van der Waals surface area contributed by atoms with E-state index in [4.69, 9.17) is 4.74 Å². The fourth-order valence-corrected chi connectivity index (χ4v) is 4.11. The number of carbonyl (C=O) groups is 1. The van der Waals surface area contributed by atoms with Gasteiger partial charge in [-0.2, -0.15) is 0 Å². The molecule has 2 heterocycles. The molecule has 30 heavy (non-hydrogen) atoms. The Hall–Kier alpha value is -3.33. The Morgan fingerprint density at radius 2 is 1.97 bits per heavy atom. The summed E-state index contributed by atoms with van der Waals surface area (Å²) in [6.45, 7) is 2.67. The maximum atomic E-state index is 12.6. The molecule has 0 bridgehead atoms. The number of fused-ring (bicyclic) bond motifs is 1. The van der Waals surface area contributed by atoms with Gasteiger partial charge in [0.25, 0.3) is 0 Å². The normalized spacial score (nSPS) is 11.0. The summed E-state index contributed by atoms with van der Waals surface area (Å²) in [5, 5.41) is 18.6. The largest absolute Gasteiger partial charge is 0.479 e. The van der Waals surface area contributed by atoms with Crippen molar-refractivity contribution in [2.75, 3.05) is 18.2 Å². The molecule has 8 nitrogen and oxygen atoms in total. The summed E-state index contributed by atoms with van der Waals surface area (Å²) in [5.41, 5.74) is 1.57. The van der Waals surface area contributed by atoms with Crippen LogP contribution >= 0.6 is 11.8 Å². The van der Waals surface area contributed by atoms with Crippen LogP contribution in [-0.4, -0.2) is 43.3 Å². The lowest BCUT2D eigenvalue weighted by Crippen LogP contribution is -2.15. The highest BCUT2D eigenvalue weighted by atomic mass is 32.2. The molecule has 1 N–H and O–H groups in total. The van der Waals surface area contributed by atoms with E-state index in [2.05, 4.69) is 20.6 Å². The minimum atomic E-state index is -0.0949. The number of hydrogen-bond acceptors (Lipinski definition) is 6. The Morgan fingerprint density at radius 1 is 1.17 bits per heavy atom. The van der Waals surface area contributed by atoms with Gasteiger partial charge in [-0.15, -0.1) is 15.3 Å². The van der Waals surface area contributed by atoms with Gasteiger partial charge in [-0.25, -0.2) is 0 Å². The molecule has 4 aromatic rings. The molecule has 0 aliphatic heterocycles. The van der Waals surface area contributed by atoms with Crippen LogP contribution in [0, 0.1) is 0 Å². The van der Waals surface area contributed by atoms with Crippen LogP contribution in [0.25, 0.3) is 22.2 Å². The van der Waals surface area contributed by atoms with Gasteiger partial charge in [0.1, 0.15) is 5.56 Å². The lowest BCUT2D eigenvalue weighted by Gasteiger charge is -2.09. The van der Waals surface area contributed by atoms with Crippen molar-refractivity contribution in [1.29, 1.82) is 0 Å². The van der Waals surface area contributed by atoms with Gasteiger partial charge in [-0.3, -0.25) is 9.48 Å². The molecule has 2 aromatic heterocycles. The molecule has 0 spiro atoms. The van der Waals surface area contributed by atoms with E-state index in [1.807, 2.05) is 67.2 Å². The molecule has 0 saturated heterocycles. The van der Waals surface area contributed by atoms with E-state index in [9.17, 15) is 4.79 Å². The first-order valence-electron chi connectivity index (χ1n) is 9.52. The van der Waals surface area contributed by atoms with Crippen molar-refractivity contribution in [2.24, 2.45) is 7.05 Å². The highest BCUT2D eigenvalue weighted by Crippen LogP contribution is 2.30. The van der Waals surface area contributed by atoms with Crippen molar-refractivity contribution in [2.45, 2.75) is 18.6 Å². The quantitative estimate of drug-likeness (QED) is 0.458. The van der Waals surface area contributed by atoms with Crippen LogP contribution in [-0.2, 0) is 18.4 Å². The number of nitrogens with one attached hydrogen (secondary N) is 1. The zero-order valence-corrected chi connectivity index (χ0v) is 17.8. The maximum absolute atomic E-state index is 12.6. The van der Waals surface area contributed by atoms with Gasteiger partial charge < -0.3 is 14.6 Å². The molecule has 0 radical (unpaired) electrons. The molecule has 0 aliphatic rings. The predicted octanol–water partition coefficient (Wildman–Crippen LogP) is 3.59. The zero-order chi connectivity index (χ0) is 21.1. The molecule has 1 amide bonds. The summed E-state index contributed by atoms with van der Waals surface area (Å²) in [5.74, 6) is 1.29. The highest BCUT2D eigenvalue weighted by Gasteiger charge is 2.20. The molecule has 4 rings (SSSR count). The number of hydrogen-bond donors (Lipinski definition) is 1. The van der Waals surface area contributed by atoms with E-state index < -0.39 is 0 Å². The average Bonchev–Trinajstić information content (AvgIpc) is 3.34. The fourth-order valence-electron chi connectivity index (χ4n) is 3.30. The van der Waals surface area contributed by atoms with Crippen molar-refractivity contribution in [3.8, 4) is 17.3 Å². The third-order valence-corrected chi connectivity index (χ3v) is 5.63. The van der Waals surface area contributed by atoms with Gasteiger partial charge in [0.2, 0.25) is 11.8 Å². The predicted molar refractivity (Wildman–Crippen MR) is 118 cm³/mol. The summed E-state index contributed by atoms with van der Waals surface area (Å²) in [7, 11) is 3.40. The third kappa shape index (κ3) is 3.88. The summed E-state index contributed by atoms with van der Waals surface area (Å²) in [4.78, 5) is 12.6. The number of amides is 1. The number of carbonyl (C=O) groups excluding carboxylic acids is 1. The van der Waals surface area contributed by atoms with Crippen molar-refractivity contribution in [3.63, 3.8) is 0 Å². The van der Waals surface area contributed by atoms with E-state index >= 15 is 0 Å². The summed E-state index contributed by atoms with van der Waals surface area (Å²) >= 11 is 1.35. The number of aryl methyl sites for hydroxylation is 1. The van der Waals surface area contributed by atoms with Crippen molar-refractivity contribution < 1.29 is 9.53 Å². The number of methoxy groups -OCH3 is 1. The Labute approximate surface area is 178 Å². The second-order valence-corrected chi connectivity index (χ2v) is 7.58. The van der Waals surface area contributed by atoms with E-state index in [1.165, 1.54) is 11.8 Å². The minimum Gasteiger partial charge on any atom is -0.479 e. The number of nitrogens with zero attached hydrogens (tertiary/aromatic N) is 5. The molecular weight excluding hydrogens is 400 g/mol. The Morgan fingerprint density at radius 3 is 2.77 bits per heavy atom. The smallest absolute Gasteiger partial charge is 0.243 e. The standard InChI is InChI=1S/C21H22N6O2S/c1-4-27-19(16-12-26(2)25-20(16)29-3)23-24-21(27)30-13-18(28)22-17-11-7-9-14-8-5-6-10-15(14)17/h5-12H,4,13H2,1-3H3,(H,22,28). The summed E-state index contributed by atoms with van der Waals surface area (Å²) in [6.07, 6.45) is 1.84.